The average molecular weight is 222 g/mol. The van der Waals surface area contributed by atoms with Crippen LogP contribution in [0.1, 0.15) is 33.1 Å². The van der Waals surface area contributed by atoms with Crippen molar-refractivity contribution in [2.45, 2.75) is 39.0 Å². The number of aliphatic hydroxyl groups is 1. The molecular formula is C10H16F2O3. The number of aliphatic hydroxyl groups excluding tert-OH is 1. The largest absolute Gasteiger partial charge is 0.506 e. The van der Waals surface area contributed by atoms with Gasteiger partial charge in [-0.15, -0.1) is 0 Å². The molecule has 1 N–H and O–H groups in total. The third-order valence-corrected chi connectivity index (χ3v) is 1.82. The molecule has 0 aliphatic heterocycles. The van der Waals surface area contributed by atoms with Crippen molar-refractivity contribution in [2.75, 3.05) is 6.61 Å². The molecule has 0 aromatic rings. The number of esters is 1. The van der Waals surface area contributed by atoms with Crippen LogP contribution in [0.3, 0.4) is 0 Å². The van der Waals surface area contributed by atoms with Crippen LogP contribution in [0.25, 0.3) is 0 Å². The predicted molar refractivity (Wildman–Crippen MR) is 51.8 cm³/mol. The van der Waals surface area contributed by atoms with Gasteiger partial charge in [-0.2, -0.15) is 8.78 Å². The normalized spacial score (nSPS) is 12.7. The van der Waals surface area contributed by atoms with Crippen LogP contribution in [0, 0.1) is 0 Å². The first-order valence-corrected chi connectivity index (χ1v) is 4.89. The number of halogens is 2. The van der Waals surface area contributed by atoms with Gasteiger partial charge in [0, 0.05) is 6.42 Å². The molecule has 0 rings (SSSR count). The molecule has 0 aromatic carbocycles. The highest BCUT2D eigenvalue weighted by molar-refractivity contribution is 5.82. The minimum absolute atomic E-state index is 0.177. The Morgan fingerprint density at radius 1 is 1.47 bits per heavy atom. The zero-order valence-electron chi connectivity index (χ0n) is 8.93. The molecule has 0 saturated heterocycles. The van der Waals surface area contributed by atoms with Crippen LogP contribution < -0.4 is 0 Å². The number of hydrogen-bond donors (Lipinski definition) is 1. The number of unbranched alkanes of at least 4 members (excludes halogenated alkanes) is 1. The number of carbonyl (C=O) groups is 1. The summed E-state index contributed by atoms with van der Waals surface area (Å²) in [4.78, 5) is 10.9. The van der Waals surface area contributed by atoms with E-state index in [2.05, 4.69) is 4.74 Å². The van der Waals surface area contributed by atoms with Gasteiger partial charge in [-0.3, -0.25) is 0 Å². The van der Waals surface area contributed by atoms with E-state index in [9.17, 15) is 13.6 Å². The molecule has 0 radical (unpaired) electrons. The third-order valence-electron chi connectivity index (χ3n) is 1.82. The van der Waals surface area contributed by atoms with E-state index in [1.165, 1.54) is 6.92 Å². The molecule has 0 saturated carbocycles. The maximum Gasteiger partial charge on any atom is 0.334 e. The Morgan fingerprint density at radius 3 is 2.53 bits per heavy atom. The van der Waals surface area contributed by atoms with Crippen molar-refractivity contribution in [3.63, 3.8) is 0 Å². The maximum absolute atomic E-state index is 12.8. The quantitative estimate of drug-likeness (QED) is 0.325. The lowest BCUT2D eigenvalue weighted by molar-refractivity contribution is -0.138. The van der Waals surface area contributed by atoms with Crippen LogP contribution in [0.2, 0.25) is 0 Å². The fraction of sp³-hybridized carbons (Fsp3) is 0.700. The van der Waals surface area contributed by atoms with Crippen LogP contribution in [0.5, 0.6) is 0 Å². The number of carbonyl (C=O) groups excluding carboxylic acids is 1. The molecule has 0 unspecified atom stereocenters. The van der Waals surface area contributed by atoms with Crippen molar-refractivity contribution in [1.82, 2.24) is 0 Å². The van der Waals surface area contributed by atoms with E-state index in [0.717, 1.165) is 6.42 Å². The van der Waals surface area contributed by atoms with Crippen molar-refractivity contribution in [2.24, 2.45) is 0 Å². The summed E-state index contributed by atoms with van der Waals surface area (Å²) in [5.41, 5.74) is 0. The van der Waals surface area contributed by atoms with Crippen molar-refractivity contribution < 1.29 is 23.4 Å². The summed E-state index contributed by atoms with van der Waals surface area (Å²) in [7, 11) is 0. The highest BCUT2D eigenvalue weighted by Gasteiger charge is 2.32. The molecule has 0 amide bonds. The second kappa shape index (κ2) is 6.37. The van der Waals surface area contributed by atoms with Crippen LogP contribution in [-0.2, 0) is 9.53 Å². The van der Waals surface area contributed by atoms with Crippen LogP contribution in [0.15, 0.2) is 11.8 Å². The first-order valence-electron chi connectivity index (χ1n) is 4.89. The van der Waals surface area contributed by atoms with Gasteiger partial charge in [-0.05, 0) is 6.42 Å². The van der Waals surface area contributed by atoms with E-state index in [0.29, 0.717) is 12.5 Å². The molecule has 5 heteroatoms. The predicted octanol–water partition coefficient (Wildman–Crippen LogP) is 2.82. The van der Waals surface area contributed by atoms with Crippen molar-refractivity contribution in [3.8, 4) is 0 Å². The Hall–Kier alpha value is -1.13. The van der Waals surface area contributed by atoms with Gasteiger partial charge in [0.1, 0.15) is 0 Å². The third kappa shape index (κ3) is 5.34. The first-order chi connectivity index (χ1) is 6.94. The van der Waals surface area contributed by atoms with Crippen molar-refractivity contribution in [3.05, 3.63) is 11.8 Å². The monoisotopic (exact) mass is 222 g/mol. The fourth-order valence-corrected chi connectivity index (χ4v) is 0.757. The van der Waals surface area contributed by atoms with Gasteiger partial charge in [0.15, 0.2) is 5.76 Å². The van der Waals surface area contributed by atoms with Gasteiger partial charge in [-0.1, -0.05) is 20.3 Å². The van der Waals surface area contributed by atoms with Gasteiger partial charge < -0.3 is 9.84 Å². The van der Waals surface area contributed by atoms with E-state index >= 15 is 0 Å². The van der Waals surface area contributed by atoms with E-state index in [1.54, 1.807) is 0 Å². The number of hydrogen-bond acceptors (Lipinski definition) is 3. The zero-order chi connectivity index (χ0) is 11.9. The Labute approximate surface area is 87.7 Å². The molecule has 88 valence electrons. The first kappa shape index (κ1) is 13.9. The smallest absolute Gasteiger partial charge is 0.334 e. The van der Waals surface area contributed by atoms with E-state index in [-0.39, 0.29) is 6.61 Å². The van der Waals surface area contributed by atoms with Gasteiger partial charge >= 0.3 is 11.9 Å². The van der Waals surface area contributed by atoms with Crippen LogP contribution in [0.4, 0.5) is 8.78 Å². The second-order valence-corrected chi connectivity index (χ2v) is 3.11. The molecule has 0 aliphatic rings. The Kier molecular flexibility index (Phi) is 5.89. The molecule has 0 aromatic heterocycles. The summed E-state index contributed by atoms with van der Waals surface area (Å²) in [6, 6.07) is 0. The van der Waals surface area contributed by atoms with Crippen molar-refractivity contribution >= 4 is 5.97 Å². The SMILES string of the molecule is CCCCOC(=O)/C=C(\O)C(F)(F)CC. The minimum Gasteiger partial charge on any atom is -0.506 e. The van der Waals surface area contributed by atoms with Gasteiger partial charge in [-0.25, -0.2) is 4.79 Å². The van der Waals surface area contributed by atoms with E-state index in [1.807, 2.05) is 6.92 Å². The summed E-state index contributed by atoms with van der Waals surface area (Å²) < 4.78 is 30.1. The number of alkyl halides is 2. The van der Waals surface area contributed by atoms with E-state index < -0.39 is 24.1 Å². The summed E-state index contributed by atoms with van der Waals surface area (Å²) >= 11 is 0. The lowest BCUT2D eigenvalue weighted by Gasteiger charge is -2.12. The average Bonchev–Trinajstić information content (AvgIpc) is 2.18. The highest BCUT2D eigenvalue weighted by Crippen LogP contribution is 2.25. The standard InChI is InChI=1S/C10H16F2O3/c1-3-5-6-15-9(14)7-8(13)10(11,12)4-2/h7,13H,3-6H2,1-2H3/b8-7-. The molecule has 0 atom stereocenters. The Morgan fingerprint density at radius 2 is 2.07 bits per heavy atom. The molecule has 3 nitrogen and oxygen atoms in total. The zero-order valence-corrected chi connectivity index (χ0v) is 8.93. The molecule has 0 spiro atoms. The van der Waals surface area contributed by atoms with Crippen LogP contribution >= 0.6 is 0 Å². The number of ether oxygens (including phenoxy) is 1. The summed E-state index contributed by atoms with van der Waals surface area (Å²) in [6.07, 6.45) is 1.38. The lowest BCUT2D eigenvalue weighted by atomic mass is 10.2. The number of rotatable bonds is 6. The van der Waals surface area contributed by atoms with Gasteiger partial charge in [0.05, 0.1) is 12.7 Å². The molecule has 0 fully saturated rings. The van der Waals surface area contributed by atoms with Crippen molar-refractivity contribution in [1.29, 1.82) is 0 Å². The van der Waals surface area contributed by atoms with Gasteiger partial charge in [0.2, 0.25) is 0 Å². The van der Waals surface area contributed by atoms with Gasteiger partial charge in [0.25, 0.3) is 0 Å². The lowest BCUT2D eigenvalue weighted by Crippen LogP contribution is -2.19. The molecule has 0 aliphatic carbocycles. The Bertz CT molecular complexity index is 237. The highest BCUT2D eigenvalue weighted by atomic mass is 19.3. The topological polar surface area (TPSA) is 46.5 Å². The maximum atomic E-state index is 12.8. The summed E-state index contributed by atoms with van der Waals surface area (Å²) in [5.74, 6) is -5.54. The van der Waals surface area contributed by atoms with Crippen LogP contribution in [-0.4, -0.2) is 23.6 Å². The minimum atomic E-state index is -3.36. The second-order valence-electron chi connectivity index (χ2n) is 3.11. The fourth-order valence-electron chi connectivity index (χ4n) is 0.757. The molecule has 15 heavy (non-hydrogen) atoms. The Balaban J connectivity index is 4.17. The number of allylic oxidation sites excluding steroid dienone is 1. The summed E-state index contributed by atoms with van der Waals surface area (Å²) in [5, 5.41) is 8.91. The molecule has 0 bridgehead atoms. The molecular weight excluding hydrogens is 206 g/mol. The van der Waals surface area contributed by atoms with E-state index in [4.69, 9.17) is 5.11 Å². The molecule has 0 heterocycles. The summed E-state index contributed by atoms with van der Waals surface area (Å²) in [6.45, 7) is 3.30.